The van der Waals surface area contributed by atoms with Crippen LogP contribution in [0.1, 0.15) is 18.1 Å². The lowest BCUT2D eigenvalue weighted by Gasteiger charge is -2.10. The molecule has 100 valence electrons. The van der Waals surface area contributed by atoms with Crippen molar-refractivity contribution in [3.05, 3.63) is 59.2 Å². The van der Waals surface area contributed by atoms with Crippen molar-refractivity contribution in [1.29, 1.82) is 0 Å². The SMILES string of the molecule is CCc1cccc(Oc2c(F)cc(CBr)cc2F)c1. The molecule has 0 aliphatic heterocycles. The molecule has 1 nitrogen and oxygen atoms in total. The zero-order valence-electron chi connectivity index (χ0n) is 10.4. The van der Waals surface area contributed by atoms with E-state index in [0.29, 0.717) is 16.6 Å². The number of hydrogen-bond acceptors (Lipinski definition) is 1. The van der Waals surface area contributed by atoms with Crippen molar-refractivity contribution in [3.8, 4) is 11.5 Å². The van der Waals surface area contributed by atoms with Crippen molar-refractivity contribution < 1.29 is 13.5 Å². The van der Waals surface area contributed by atoms with E-state index in [2.05, 4.69) is 15.9 Å². The van der Waals surface area contributed by atoms with Crippen LogP contribution < -0.4 is 4.74 Å². The Hall–Kier alpha value is -1.42. The maximum absolute atomic E-state index is 13.8. The first kappa shape index (κ1) is 14.0. The van der Waals surface area contributed by atoms with Crippen LogP contribution in [0, 0.1) is 11.6 Å². The summed E-state index contributed by atoms with van der Waals surface area (Å²) in [6, 6.07) is 9.71. The Morgan fingerprint density at radius 2 is 1.74 bits per heavy atom. The fraction of sp³-hybridized carbons (Fsp3) is 0.200. The minimum atomic E-state index is -0.698. The first-order valence-corrected chi connectivity index (χ1v) is 7.07. The Labute approximate surface area is 119 Å². The Morgan fingerprint density at radius 3 is 2.32 bits per heavy atom. The van der Waals surface area contributed by atoms with Crippen molar-refractivity contribution in [3.63, 3.8) is 0 Å². The van der Waals surface area contributed by atoms with Crippen molar-refractivity contribution in [2.75, 3.05) is 0 Å². The van der Waals surface area contributed by atoms with Gasteiger partial charge in [0.15, 0.2) is 17.4 Å². The van der Waals surface area contributed by atoms with Crippen LogP contribution in [0.2, 0.25) is 0 Å². The van der Waals surface area contributed by atoms with Crippen molar-refractivity contribution >= 4 is 15.9 Å². The summed E-state index contributed by atoms with van der Waals surface area (Å²) in [5.74, 6) is -1.32. The Kier molecular flexibility index (Phi) is 4.53. The minimum Gasteiger partial charge on any atom is -0.451 e. The number of rotatable bonds is 4. The van der Waals surface area contributed by atoms with Crippen molar-refractivity contribution in [2.24, 2.45) is 0 Å². The predicted octanol–water partition coefficient (Wildman–Crippen LogP) is 5.21. The summed E-state index contributed by atoms with van der Waals surface area (Å²) >= 11 is 3.16. The maximum atomic E-state index is 13.8. The smallest absolute Gasteiger partial charge is 0.198 e. The molecule has 0 aromatic heterocycles. The summed E-state index contributed by atoms with van der Waals surface area (Å²) in [7, 11) is 0. The second kappa shape index (κ2) is 6.15. The second-order valence-corrected chi connectivity index (χ2v) is 4.69. The van der Waals surface area contributed by atoms with Gasteiger partial charge in [0.1, 0.15) is 5.75 Å². The summed E-state index contributed by atoms with van der Waals surface area (Å²) in [4.78, 5) is 0. The summed E-state index contributed by atoms with van der Waals surface area (Å²) in [6.07, 6.45) is 0.838. The number of aryl methyl sites for hydroxylation is 1. The van der Waals surface area contributed by atoms with Gasteiger partial charge in [0, 0.05) is 5.33 Å². The molecule has 0 aliphatic carbocycles. The molecule has 19 heavy (non-hydrogen) atoms. The van der Waals surface area contributed by atoms with Gasteiger partial charge >= 0.3 is 0 Å². The molecule has 2 aromatic carbocycles. The van der Waals surface area contributed by atoms with E-state index < -0.39 is 11.6 Å². The highest BCUT2D eigenvalue weighted by Crippen LogP contribution is 2.29. The highest BCUT2D eigenvalue weighted by atomic mass is 79.9. The Bertz CT molecular complexity index is 561. The first-order chi connectivity index (χ1) is 9.13. The van der Waals surface area contributed by atoms with Crippen LogP contribution in [0.3, 0.4) is 0 Å². The lowest BCUT2D eigenvalue weighted by atomic mass is 10.1. The predicted molar refractivity (Wildman–Crippen MR) is 74.9 cm³/mol. The minimum absolute atomic E-state index is 0.363. The van der Waals surface area contributed by atoms with E-state index in [4.69, 9.17) is 4.74 Å². The Morgan fingerprint density at radius 1 is 1.05 bits per heavy atom. The van der Waals surface area contributed by atoms with E-state index in [0.717, 1.165) is 12.0 Å². The number of ether oxygens (including phenoxy) is 1. The van der Waals surface area contributed by atoms with E-state index in [1.165, 1.54) is 12.1 Å². The average molecular weight is 327 g/mol. The molecule has 0 fully saturated rings. The van der Waals surface area contributed by atoms with Gasteiger partial charge < -0.3 is 4.74 Å². The van der Waals surface area contributed by atoms with Crippen LogP contribution in [0.15, 0.2) is 36.4 Å². The zero-order valence-corrected chi connectivity index (χ0v) is 12.0. The van der Waals surface area contributed by atoms with Crippen molar-refractivity contribution in [2.45, 2.75) is 18.7 Å². The molecule has 0 saturated heterocycles. The monoisotopic (exact) mass is 326 g/mol. The van der Waals surface area contributed by atoms with E-state index in [1.807, 2.05) is 13.0 Å². The summed E-state index contributed by atoms with van der Waals surface area (Å²) in [6.45, 7) is 2.01. The third-order valence-corrected chi connectivity index (χ3v) is 3.39. The van der Waals surface area contributed by atoms with Gasteiger partial charge in [-0.25, -0.2) is 8.78 Å². The van der Waals surface area contributed by atoms with Crippen LogP contribution >= 0.6 is 15.9 Å². The van der Waals surface area contributed by atoms with Crippen LogP contribution in [0.5, 0.6) is 11.5 Å². The molecule has 0 amide bonds. The molecule has 0 unspecified atom stereocenters. The molecule has 2 rings (SSSR count). The van der Waals surface area contributed by atoms with Gasteiger partial charge in [0.25, 0.3) is 0 Å². The van der Waals surface area contributed by atoms with Gasteiger partial charge in [-0.05, 0) is 41.8 Å². The zero-order chi connectivity index (χ0) is 13.8. The van der Waals surface area contributed by atoms with E-state index in [1.54, 1.807) is 18.2 Å². The van der Waals surface area contributed by atoms with Gasteiger partial charge in [0.05, 0.1) is 0 Å². The number of halogens is 3. The molecule has 0 saturated carbocycles. The number of alkyl halides is 1. The van der Waals surface area contributed by atoms with Crippen LogP contribution in [0.25, 0.3) is 0 Å². The largest absolute Gasteiger partial charge is 0.451 e. The number of hydrogen-bond donors (Lipinski definition) is 0. The van der Waals surface area contributed by atoms with E-state index in [-0.39, 0.29) is 5.75 Å². The molecule has 0 atom stereocenters. The molecule has 0 spiro atoms. The molecule has 2 aromatic rings. The lowest BCUT2D eigenvalue weighted by molar-refractivity contribution is 0.406. The van der Waals surface area contributed by atoms with Crippen LogP contribution in [0.4, 0.5) is 8.78 Å². The molecule has 0 aliphatic rings. The van der Waals surface area contributed by atoms with Crippen molar-refractivity contribution in [1.82, 2.24) is 0 Å². The first-order valence-electron chi connectivity index (χ1n) is 5.94. The molecular formula is C15H13BrF2O. The highest BCUT2D eigenvalue weighted by molar-refractivity contribution is 9.08. The van der Waals surface area contributed by atoms with Gasteiger partial charge in [0.2, 0.25) is 0 Å². The molecular weight excluding hydrogens is 314 g/mol. The Balaban J connectivity index is 2.32. The topological polar surface area (TPSA) is 9.23 Å². The molecule has 0 heterocycles. The average Bonchev–Trinajstić information content (AvgIpc) is 2.42. The fourth-order valence-electron chi connectivity index (χ4n) is 1.73. The molecule has 0 radical (unpaired) electrons. The summed E-state index contributed by atoms with van der Waals surface area (Å²) in [5.41, 5.74) is 1.58. The van der Waals surface area contributed by atoms with E-state index >= 15 is 0 Å². The fourth-order valence-corrected chi connectivity index (χ4v) is 2.06. The normalized spacial score (nSPS) is 10.5. The van der Waals surface area contributed by atoms with Crippen LogP contribution in [-0.2, 0) is 11.8 Å². The van der Waals surface area contributed by atoms with E-state index in [9.17, 15) is 8.78 Å². The van der Waals surface area contributed by atoms with Gasteiger partial charge in [-0.15, -0.1) is 0 Å². The van der Waals surface area contributed by atoms with Gasteiger partial charge in [-0.1, -0.05) is 35.0 Å². The molecule has 0 bridgehead atoms. The van der Waals surface area contributed by atoms with Crippen LogP contribution in [-0.4, -0.2) is 0 Å². The van der Waals surface area contributed by atoms with Gasteiger partial charge in [-0.3, -0.25) is 0 Å². The highest BCUT2D eigenvalue weighted by Gasteiger charge is 2.13. The lowest BCUT2D eigenvalue weighted by Crippen LogP contribution is -1.95. The quantitative estimate of drug-likeness (QED) is 0.700. The summed E-state index contributed by atoms with van der Waals surface area (Å²) < 4.78 is 32.9. The standard InChI is InChI=1S/C15H13BrF2O/c1-2-10-4-3-5-12(6-10)19-15-13(17)7-11(9-16)8-14(15)18/h3-8H,2,9H2,1H3. The second-order valence-electron chi connectivity index (χ2n) is 4.13. The number of benzene rings is 2. The maximum Gasteiger partial charge on any atom is 0.198 e. The third kappa shape index (κ3) is 3.32. The molecule has 4 heteroatoms. The molecule has 0 N–H and O–H groups in total. The van der Waals surface area contributed by atoms with Gasteiger partial charge in [-0.2, -0.15) is 0 Å². The third-order valence-electron chi connectivity index (χ3n) is 2.74. The summed E-state index contributed by atoms with van der Waals surface area (Å²) in [5, 5.41) is 0.395.